The zero-order valence-corrected chi connectivity index (χ0v) is 12.8. The molecule has 1 saturated carbocycles. The predicted octanol–water partition coefficient (Wildman–Crippen LogP) is 2.82. The van der Waals surface area contributed by atoms with E-state index in [4.69, 9.17) is 5.73 Å². The third kappa shape index (κ3) is 5.15. The highest BCUT2D eigenvalue weighted by Gasteiger charge is 2.24. The molecule has 1 amide bonds. The minimum atomic E-state index is 0. The van der Waals surface area contributed by atoms with Crippen LogP contribution in [0, 0.1) is 11.8 Å². The summed E-state index contributed by atoms with van der Waals surface area (Å²) in [6, 6.07) is 0.149. The van der Waals surface area contributed by atoms with E-state index in [1.807, 2.05) is 18.9 Å². The Morgan fingerprint density at radius 1 is 1.28 bits per heavy atom. The van der Waals surface area contributed by atoms with Crippen molar-refractivity contribution in [3.05, 3.63) is 0 Å². The van der Waals surface area contributed by atoms with Crippen molar-refractivity contribution in [3.8, 4) is 0 Å². The first-order chi connectivity index (χ1) is 8.06. The molecule has 0 heterocycles. The zero-order chi connectivity index (χ0) is 12.8. The fourth-order valence-corrected chi connectivity index (χ4v) is 2.75. The average Bonchev–Trinajstić information content (AvgIpc) is 2.37. The number of nitrogens with zero attached hydrogens (tertiary/aromatic N) is 1. The number of halogens is 1. The molecule has 0 aromatic rings. The van der Waals surface area contributed by atoms with Gasteiger partial charge in [0.15, 0.2) is 0 Å². The summed E-state index contributed by atoms with van der Waals surface area (Å²) in [6.45, 7) is 4.61. The summed E-state index contributed by atoms with van der Waals surface area (Å²) < 4.78 is 0. The first-order valence-electron chi connectivity index (χ1n) is 7.03. The molecule has 0 saturated heterocycles. The SMILES string of the molecule is CC(CC1CCCCC1)C(=O)N(C)C(C)CN.Cl. The van der Waals surface area contributed by atoms with E-state index in [0.29, 0.717) is 6.54 Å². The fourth-order valence-electron chi connectivity index (χ4n) is 2.75. The van der Waals surface area contributed by atoms with Crippen molar-refractivity contribution < 1.29 is 4.79 Å². The van der Waals surface area contributed by atoms with Gasteiger partial charge < -0.3 is 10.6 Å². The summed E-state index contributed by atoms with van der Waals surface area (Å²) in [5, 5.41) is 0. The molecule has 4 heteroatoms. The number of hydrogen-bond acceptors (Lipinski definition) is 2. The van der Waals surface area contributed by atoms with E-state index in [0.717, 1.165) is 12.3 Å². The van der Waals surface area contributed by atoms with Crippen LogP contribution in [0.5, 0.6) is 0 Å². The van der Waals surface area contributed by atoms with Gasteiger partial charge in [-0.3, -0.25) is 4.79 Å². The molecule has 1 fully saturated rings. The Labute approximate surface area is 118 Å². The van der Waals surface area contributed by atoms with Crippen molar-refractivity contribution in [1.82, 2.24) is 4.90 Å². The van der Waals surface area contributed by atoms with Crippen LogP contribution in [-0.2, 0) is 4.79 Å². The molecule has 18 heavy (non-hydrogen) atoms. The van der Waals surface area contributed by atoms with Crippen LogP contribution in [0.1, 0.15) is 52.4 Å². The predicted molar refractivity (Wildman–Crippen MR) is 78.9 cm³/mol. The number of amides is 1. The lowest BCUT2D eigenvalue weighted by atomic mass is 9.83. The summed E-state index contributed by atoms with van der Waals surface area (Å²) in [5.74, 6) is 1.18. The highest BCUT2D eigenvalue weighted by Crippen LogP contribution is 2.29. The molecule has 0 aromatic carbocycles. The second-order valence-corrected chi connectivity index (χ2v) is 5.67. The minimum absolute atomic E-state index is 0. The van der Waals surface area contributed by atoms with Crippen LogP contribution in [0.25, 0.3) is 0 Å². The van der Waals surface area contributed by atoms with Gasteiger partial charge in [-0.2, -0.15) is 0 Å². The van der Waals surface area contributed by atoms with Gasteiger partial charge in [0.05, 0.1) is 0 Å². The van der Waals surface area contributed by atoms with E-state index in [1.165, 1.54) is 32.1 Å². The van der Waals surface area contributed by atoms with E-state index in [9.17, 15) is 4.79 Å². The number of hydrogen-bond donors (Lipinski definition) is 1. The Hall–Kier alpha value is -0.280. The van der Waals surface area contributed by atoms with Crippen LogP contribution >= 0.6 is 12.4 Å². The Balaban J connectivity index is 0.00000289. The molecule has 1 aliphatic rings. The van der Waals surface area contributed by atoms with Crippen LogP contribution in [0.2, 0.25) is 0 Å². The molecular weight excluding hydrogens is 248 g/mol. The van der Waals surface area contributed by atoms with Gasteiger partial charge in [-0.05, 0) is 19.3 Å². The van der Waals surface area contributed by atoms with Gasteiger partial charge in [-0.25, -0.2) is 0 Å². The van der Waals surface area contributed by atoms with Crippen LogP contribution in [0.4, 0.5) is 0 Å². The van der Waals surface area contributed by atoms with Crippen molar-refractivity contribution >= 4 is 18.3 Å². The topological polar surface area (TPSA) is 46.3 Å². The monoisotopic (exact) mass is 276 g/mol. The largest absolute Gasteiger partial charge is 0.342 e. The molecule has 1 aliphatic carbocycles. The molecule has 0 aromatic heterocycles. The Morgan fingerprint density at radius 3 is 2.33 bits per heavy atom. The minimum Gasteiger partial charge on any atom is -0.342 e. The summed E-state index contributed by atoms with van der Waals surface area (Å²) in [4.78, 5) is 14.0. The van der Waals surface area contributed by atoms with Gasteiger partial charge in [-0.15, -0.1) is 12.4 Å². The van der Waals surface area contributed by atoms with Gasteiger partial charge in [-0.1, -0.05) is 39.0 Å². The van der Waals surface area contributed by atoms with E-state index in [1.54, 1.807) is 0 Å². The molecule has 3 nitrogen and oxygen atoms in total. The Bertz CT molecular complexity index is 242. The van der Waals surface area contributed by atoms with Crippen LogP contribution < -0.4 is 5.73 Å². The van der Waals surface area contributed by atoms with Crippen LogP contribution in [0.15, 0.2) is 0 Å². The lowest BCUT2D eigenvalue weighted by Gasteiger charge is -2.29. The number of carbonyl (C=O) groups excluding carboxylic acids is 1. The normalized spacial score (nSPS) is 19.8. The lowest BCUT2D eigenvalue weighted by Crippen LogP contribution is -2.42. The molecule has 2 unspecified atom stereocenters. The summed E-state index contributed by atoms with van der Waals surface area (Å²) in [6.07, 6.45) is 7.76. The van der Waals surface area contributed by atoms with Gasteiger partial charge in [0.25, 0.3) is 0 Å². The smallest absolute Gasteiger partial charge is 0.225 e. The zero-order valence-electron chi connectivity index (χ0n) is 12.0. The summed E-state index contributed by atoms with van der Waals surface area (Å²) in [7, 11) is 1.87. The summed E-state index contributed by atoms with van der Waals surface area (Å²) in [5.41, 5.74) is 5.60. The van der Waals surface area contributed by atoms with Crippen molar-refractivity contribution in [2.24, 2.45) is 17.6 Å². The van der Waals surface area contributed by atoms with E-state index < -0.39 is 0 Å². The number of carbonyl (C=O) groups is 1. The molecular formula is C14H29ClN2O. The Morgan fingerprint density at radius 2 is 1.83 bits per heavy atom. The third-order valence-electron chi connectivity index (χ3n) is 4.18. The molecule has 2 N–H and O–H groups in total. The Kier molecular flexibility index (Phi) is 8.62. The van der Waals surface area contributed by atoms with Crippen molar-refractivity contribution in [3.63, 3.8) is 0 Å². The molecule has 2 atom stereocenters. The van der Waals surface area contributed by atoms with Gasteiger partial charge in [0.2, 0.25) is 5.91 Å². The fraction of sp³-hybridized carbons (Fsp3) is 0.929. The highest BCUT2D eigenvalue weighted by atomic mass is 35.5. The van der Waals surface area contributed by atoms with Crippen molar-refractivity contribution in [1.29, 1.82) is 0 Å². The van der Waals surface area contributed by atoms with Crippen molar-refractivity contribution in [2.75, 3.05) is 13.6 Å². The summed E-state index contributed by atoms with van der Waals surface area (Å²) >= 11 is 0. The average molecular weight is 277 g/mol. The molecule has 0 radical (unpaired) electrons. The van der Waals surface area contributed by atoms with Gasteiger partial charge in [0, 0.05) is 25.6 Å². The maximum absolute atomic E-state index is 12.2. The number of nitrogens with two attached hydrogens (primary N) is 1. The maximum Gasteiger partial charge on any atom is 0.225 e. The van der Waals surface area contributed by atoms with Crippen LogP contribution in [0.3, 0.4) is 0 Å². The highest BCUT2D eigenvalue weighted by molar-refractivity contribution is 5.85. The van der Waals surface area contributed by atoms with Gasteiger partial charge in [0.1, 0.15) is 0 Å². The standard InChI is InChI=1S/C14H28N2O.ClH/c1-11(9-13-7-5-4-6-8-13)14(17)16(3)12(2)10-15;/h11-13H,4-10,15H2,1-3H3;1H. The second-order valence-electron chi connectivity index (χ2n) is 5.67. The molecule has 108 valence electrons. The number of rotatable bonds is 5. The van der Waals surface area contributed by atoms with Crippen molar-refractivity contribution in [2.45, 2.75) is 58.4 Å². The lowest BCUT2D eigenvalue weighted by molar-refractivity contribution is -0.136. The van der Waals surface area contributed by atoms with Crippen LogP contribution in [-0.4, -0.2) is 30.4 Å². The first kappa shape index (κ1) is 17.7. The molecule has 0 bridgehead atoms. The third-order valence-corrected chi connectivity index (χ3v) is 4.18. The molecule has 0 spiro atoms. The van der Waals surface area contributed by atoms with E-state index in [-0.39, 0.29) is 30.3 Å². The maximum atomic E-state index is 12.2. The molecule has 0 aliphatic heterocycles. The van der Waals surface area contributed by atoms with E-state index in [2.05, 4.69) is 6.92 Å². The number of likely N-dealkylation sites (N-methyl/N-ethyl adjacent to an activating group) is 1. The second kappa shape index (κ2) is 8.76. The molecule has 1 rings (SSSR count). The first-order valence-corrected chi connectivity index (χ1v) is 7.03. The van der Waals surface area contributed by atoms with E-state index >= 15 is 0 Å². The quantitative estimate of drug-likeness (QED) is 0.839. The van der Waals surface area contributed by atoms with Gasteiger partial charge >= 0.3 is 0 Å².